The van der Waals surface area contributed by atoms with Crippen molar-refractivity contribution < 1.29 is 14.3 Å². The number of likely N-dealkylation sites (tertiary alicyclic amines) is 1. The summed E-state index contributed by atoms with van der Waals surface area (Å²) in [4.78, 5) is 53.3. The van der Waals surface area contributed by atoms with Gasteiger partial charge in [-0.3, -0.25) is 23.5 Å². The summed E-state index contributed by atoms with van der Waals surface area (Å²) >= 11 is 0. The Morgan fingerprint density at radius 1 is 1.12 bits per heavy atom. The Bertz CT molecular complexity index is 1430. The van der Waals surface area contributed by atoms with Crippen molar-refractivity contribution in [2.24, 2.45) is 14.1 Å². The van der Waals surface area contributed by atoms with Crippen molar-refractivity contribution in [3.8, 4) is 5.75 Å². The third-order valence-electron chi connectivity index (χ3n) is 6.76. The molecule has 172 valence electrons. The van der Waals surface area contributed by atoms with E-state index in [0.29, 0.717) is 47.6 Å². The van der Waals surface area contributed by atoms with E-state index in [9.17, 15) is 19.2 Å². The number of para-hydroxylation sites is 1. The number of benzene rings is 1. The topological polar surface area (TPSA) is 95.5 Å². The van der Waals surface area contributed by atoms with Gasteiger partial charge in [0.1, 0.15) is 22.7 Å². The molecular weight excluding hydrogens is 424 g/mol. The second kappa shape index (κ2) is 7.47. The number of carbonyl (C=O) groups is 2. The molecule has 0 aliphatic carbocycles. The summed E-state index contributed by atoms with van der Waals surface area (Å²) in [6.07, 6.45) is 1.50. The molecule has 3 aromatic rings. The molecule has 1 aromatic carbocycles. The monoisotopic (exact) mass is 450 g/mol. The first-order valence-corrected chi connectivity index (χ1v) is 11.2. The Balaban J connectivity index is 1.53. The Labute approximate surface area is 189 Å². The number of carbonyl (C=O) groups excluding carboxylic acids is 2. The Morgan fingerprint density at radius 3 is 2.64 bits per heavy atom. The van der Waals surface area contributed by atoms with E-state index in [-0.39, 0.29) is 24.7 Å². The van der Waals surface area contributed by atoms with Crippen molar-refractivity contribution in [3.05, 3.63) is 62.4 Å². The van der Waals surface area contributed by atoms with Gasteiger partial charge in [0.15, 0.2) is 5.78 Å². The largest absolute Gasteiger partial charge is 0.484 e. The average molecular weight is 450 g/mol. The van der Waals surface area contributed by atoms with E-state index in [1.807, 2.05) is 19.1 Å². The van der Waals surface area contributed by atoms with Crippen LogP contribution in [0.25, 0.3) is 11.0 Å². The minimum atomic E-state index is -0.744. The van der Waals surface area contributed by atoms with Gasteiger partial charge in [0, 0.05) is 33.6 Å². The smallest absolute Gasteiger partial charge is 0.332 e. The predicted octanol–water partition coefficient (Wildman–Crippen LogP) is 1.70. The van der Waals surface area contributed by atoms with E-state index in [2.05, 4.69) is 0 Å². The van der Waals surface area contributed by atoms with Crippen LogP contribution in [0, 0.1) is 0 Å². The molecule has 0 saturated carbocycles. The number of aryl methyl sites for hydroxylation is 2. The fourth-order valence-corrected chi connectivity index (χ4v) is 5.12. The van der Waals surface area contributed by atoms with Gasteiger partial charge in [-0.15, -0.1) is 0 Å². The van der Waals surface area contributed by atoms with Gasteiger partial charge in [-0.05, 0) is 24.6 Å². The number of aromatic nitrogens is 3. The second-order valence-electron chi connectivity index (χ2n) is 8.98. The fraction of sp³-hybridized carbons (Fsp3) is 0.417. The number of fused-ring (bicyclic) bond motifs is 2. The van der Waals surface area contributed by atoms with E-state index in [1.165, 1.54) is 11.6 Å². The highest BCUT2D eigenvalue weighted by Crippen LogP contribution is 2.39. The quantitative estimate of drug-likeness (QED) is 0.605. The molecule has 1 atom stereocenters. The Kier molecular flexibility index (Phi) is 4.81. The number of hydrogen-bond donors (Lipinski definition) is 0. The first-order valence-electron chi connectivity index (χ1n) is 11.2. The van der Waals surface area contributed by atoms with Crippen LogP contribution in [-0.4, -0.2) is 49.0 Å². The highest BCUT2D eigenvalue weighted by molar-refractivity contribution is 6.01. The zero-order chi connectivity index (χ0) is 23.5. The van der Waals surface area contributed by atoms with Crippen LogP contribution in [-0.2, 0) is 20.6 Å². The van der Waals surface area contributed by atoms with Crippen molar-refractivity contribution >= 4 is 22.7 Å². The predicted molar refractivity (Wildman–Crippen MR) is 122 cm³/mol. The molecule has 1 fully saturated rings. The van der Waals surface area contributed by atoms with Gasteiger partial charge in [-0.2, -0.15) is 0 Å². The van der Waals surface area contributed by atoms with Gasteiger partial charge >= 0.3 is 5.69 Å². The molecule has 2 aromatic heterocycles. The molecule has 33 heavy (non-hydrogen) atoms. The van der Waals surface area contributed by atoms with Gasteiger partial charge in [-0.25, -0.2) is 4.79 Å². The van der Waals surface area contributed by atoms with Crippen LogP contribution in [0.15, 0.2) is 39.9 Å². The number of rotatable bonds is 3. The normalized spacial score (nSPS) is 19.8. The van der Waals surface area contributed by atoms with Gasteiger partial charge in [0.25, 0.3) is 11.5 Å². The molecule has 0 N–H and O–H groups in total. The highest BCUT2D eigenvalue weighted by Gasteiger charge is 2.47. The minimum absolute atomic E-state index is 0.0183. The van der Waals surface area contributed by atoms with Crippen molar-refractivity contribution in [1.82, 2.24) is 18.6 Å². The molecule has 0 radical (unpaired) electrons. The fourth-order valence-electron chi connectivity index (χ4n) is 5.12. The molecule has 1 spiro atoms. The third kappa shape index (κ3) is 3.13. The van der Waals surface area contributed by atoms with Crippen LogP contribution < -0.4 is 16.0 Å². The lowest BCUT2D eigenvalue weighted by molar-refractivity contribution is 0.0426. The Morgan fingerprint density at radius 2 is 1.88 bits per heavy atom. The molecule has 5 rings (SSSR count). The number of nitrogens with zero attached hydrogens (tertiary/aromatic N) is 4. The van der Waals surface area contributed by atoms with Crippen LogP contribution in [0.3, 0.4) is 0 Å². The molecule has 1 amide bonds. The molecule has 9 nitrogen and oxygen atoms in total. The zero-order valence-corrected chi connectivity index (χ0v) is 19.0. The summed E-state index contributed by atoms with van der Waals surface area (Å²) < 4.78 is 10.5. The maximum Gasteiger partial charge on any atom is 0.332 e. The SMILES string of the molecule is CCCn1c(C(=O)N2CCC3(CC(=O)c4ccccc4O3)C2)cc2c(=O)n(C)c(=O)n(C)c21. The lowest BCUT2D eigenvalue weighted by Gasteiger charge is -2.34. The van der Waals surface area contributed by atoms with Gasteiger partial charge in [0.05, 0.1) is 23.9 Å². The van der Waals surface area contributed by atoms with E-state index in [4.69, 9.17) is 4.74 Å². The van der Waals surface area contributed by atoms with Crippen LogP contribution >= 0.6 is 0 Å². The minimum Gasteiger partial charge on any atom is -0.484 e. The van der Waals surface area contributed by atoms with Gasteiger partial charge in [-0.1, -0.05) is 19.1 Å². The average Bonchev–Trinajstić information content (AvgIpc) is 3.38. The third-order valence-corrected chi connectivity index (χ3v) is 6.76. The first-order chi connectivity index (χ1) is 15.8. The molecule has 2 aliphatic rings. The van der Waals surface area contributed by atoms with Gasteiger partial charge in [0.2, 0.25) is 0 Å². The zero-order valence-electron chi connectivity index (χ0n) is 19.0. The number of ketones is 1. The number of amides is 1. The number of ether oxygens (including phenoxy) is 1. The van der Waals surface area contributed by atoms with Gasteiger partial charge < -0.3 is 14.2 Å². The molecule has 1 unspecified atom stereocenters. The van der Waals surface area contributed by atoms with Crippen molar-refractivity contribution in [2.45, 2.75) is 38.3 Å². The van der Waals surface area contributed by atoms with Crippen LogP contribution in [0.1, 0.15) is 47.0 Å². The number of hydrogen-bond acceptors (Lipinski definition) is 5. The Hall–Kier alpha value is -3.62. The lowest BCUT2D eigenvalue weighted by Crippen LogP contribution is -2.45. The maximum absolute atomic E-state index is 13.6. The summed E-state index contributed by atoms with van der Waals surface area (Å²) in [5, 5.41) is 0.336. The summed E-state index contributed by atoms with van der Waals surface area (Å²) in [6.45, 7) is 3.20. The molecule has 2 aliphatic heterocycles. The second-order valence-corrected chi connectivity index (χ2v) is 8.98. The standard InChI is InChI=1S/C24H26N4O5/c1-4-10-28-17(12-16-20(28)25(2)23(32)26(3)21(16)30)22(31)27-11-9-24(14-27)13-18(29)15-7-5-6-8-19(15)33-24/h5-8,12H,4,9-11,13-14H2,1-3H3. The summed E-state index contributed by atoms with van der Waals surface area (Å²) in [6, 6.07) is 8.77. The first kappa shape index (κ1) is 21.2. The summed E-state index contributed by atoms with van der Waals surface area (Å²) in [5.41, 5.74) is -0.216. The van der Waals surface area contributed by atoms with E-state index < -0.39 is 16.9 Å². The summed E-state index contributed by atoms with van der Waals surface area (Å²) in [5.74, 6) is 0.340. The summed E-state index contributed by atoms with van der Waals surface area (Å²) in [7, 11) is 3.04. The molecule has 1 saturated heterocycles. The highest BCUT2D eigenvalue weighted by atomic mass is 16.5. The van der Waals surface area contributed by atoms with Crippen molar-refractivity contribution in [1.29, 1.82) is 0 Å². The van der Waals surface area contributed by atoms with E-state index >= 15 is 0 Å². The molecule has 4 heterocycles. The van der Waals surface area contributed by atoms with Crippen LogP contribution in [0.2, 0.25) is 0 Å². The van der Waals surface area contributed by atoms with Crippen molar-refractivity contribution in [2.75, 3.05) is 13.1 Å². The number of Topliss-reactive ketones (excluding diaryl/α,β-unsaturated/α-hetero) is 1. The van der Waals surface area contributed by atoms with Crippen LogP contribution in [0.5, 0.6) is 5.75 Å². The van der Waals surface area contributed by atoms with E-state index in [0.717, 1.165) is 11.0 Å². The van der Waals surface area contributed by atoms with E-state index in [1.54, 1.807) is 34.7 Å². The van der Waals surface area contributed by atoms with Crippen LogP contribution in [0.4, 0.5) is 0 Å². The van der Waals surface area contributed by atoms with Crippen molar-refractivity contribution in [3.63, 3.8) is 0 Å². The molecular formula is C24H26N4O5. The maximum atomic E-state index is 13.6. The molecule has 9 heteroatoms. The molecule has 0 bridgehead atoms. The lowest BCUT2D eigenvalue weighted by atomic mass is 9.89.